The van der Waals surface area contributed by atoms with Gasteiger partial charge in [-0.3, -0.25) is 4.79 Å². The van der Waals surface area contributed by atoms with Gasteiger partial charge in [-0.2, -0.15) is 11.8 Å². The first-order valence-corrected chi connectivity index (χ1v) is 5.88. The third kappa shape index (κ3) is 2.32. The summed E-state index contributed by atoms with van der Waals surface area (Å²) in [7, 11) is 0. The zero-order valence-corrected chi connectivity index (χ0v) is 8.98. The Bertz CT molecular complexity index is 322. The maximum atomic E-state index is 11.8. The lowest BCUT2D eigenvalue weighted by molar-refractivity contribution is -0.144. The van der Waals surface area contributed by atoms with Crippen LogP contribution in [0.2, 0.25) is 0 Å². The van der Waals surface area contributed by atoms with Gasteiger partial charge in [0.2, 0.25) is 6.23 Å². The fourth-order valence-corrected chi connectivity index (χ4v) is 2.34. The second-order valence-corrected chi connectivity index (χ2v) is 4.49. The Morgan fingerprint density at radius 3 is 2.87 bits per heavy atom. The van der Waals surface area contributed by atoms with Crippen molar-refractivity contribution in [1.82, 2.24) is 14.5 Å². The van der Waals surface area contributed by atoms with Gasteiger partial charge >= 0.3 is 0 Å². The lowest BCUT2D eigenvalue weighted by Gasteiger charge is -2.28. The van der Waals surface area contributed by atoms with E-state index < -0.39 is 6.23 Å². The van der Waals surface area contributed by atoms with E-state index in [1.807, 2.05) is 11.8 Å². The third-order valence-corrected chi connectivity index (χ3v) is 3.24. The molecule has 1 aliphatic rings. The SMILES string of the molecule is O=C(C(O)n1c[c]nc1)N1CCSCC1. The zero-order valence-electron chi connectivity index (χ0n) is 8.17. The van der Waals surface area contributed by atoms with Gasteiger partial charge in [-0.25, -0.2) is 4.98 Å². The topological polar surface area (TPSA) is 58.4 Å². The number of nitrogens with zero attached hydrogens (tertiary/aromatic N) is 3. The Hall–Kier alpha value is -1.01. The number of carbonyl (C=O) groups excluding carboxylic acids is 1. The van der Waals surface area contributed by atoms with Crippen molar-refractivity contribution >= 4 is 17.7 Å². The number of hydrogen-bond acceptors (Lipinski definition) is 4. The number of hydrogen-bond donors (Lipinski definition) is 1. The molecule has 0 saturated carbocycles. The number of aliphatic hydroxyl groups is 1. The van der Waals surface area contributed by atoms with Crippen LogP contribution in [0.1, 0.15) is 6.23 Å². The van der Waals surface area contributed by atoms with Gasteiger partial charge in [-0.1, -0.05) is 0 Å². The van der Waals surface area contributed by atoms with E-state index in [0.29, 0.717) is 13.1 Å². The molecule has 1 aromatic rings. The fourth-order valence-electron chi connectivity index (χ4n) is 1.44. The molecule has 1 amide bonds. The van der Waals surface area contributed by atoms with Crippen LogP contribution in [0.15, 0.2) is 12.5 Å². The van der Waals surface area contributed by atoms with E-state index in [1.165, 1.54) is 17.1 Å². The van der Waals surface area contributed by atoms with Crippen molar-refractivity contribution in [2.75, 3.05) is 24.6 Å². The number of carbonyl (C=O) groups is 1. The number of aliphatic hydroxyl groups excluding tert-OH is 1. The van der Waals surface area contributed by atoms with Crippen LogP contribution in [0.25, 0.3) is 0 Å². The second-order valence-electron chi connectivity index (χ2n) is 3.26. The summed E-state index contributed by atoms with van der Waals surface area (Å²) >= 11 is 1.82. The molecule has 1 fully saturated rings. The molecule has 15 heavy (non-hydrogen) atoms. The quantitative estimate of drug-likeness (QED) is 0.755. The maximum absolute atomic E-state index is 11.8. The summed E-state index contributed by atoms with van der Waals surface area (Å²) in [6, 6.07) is 0. The average Bonchev–Trinajstić information content (AvgIpc) is 2.82. The highest BCUT2D eigenvalue weighted by Gasteiger charge is 2.24. The van der Waals surface area contributed by atoms with Crippen molar-refractivity contribution in [3.8, 4) is 0 Å². The van der Waals surface area contributed by atoms with Gasteiger partial charge in [0.15, 0.2) is 0 Å². The van der Waals surface area contributed by atoms with Crippen molar-refractivity contribution in [3.63, 3.8) is 0 Å². The van der Waals surface area contributed by atoms with Crippen molar-refractivity contribution in [1.29, 1.82) is 0 Å². The van der Waals surface area contributed by atoms with Crippen LogP contribution in [0, 0.1) is 6.20 Å². The van der Waals surface area contributed by atoms with Gasteiger partial charge in [0.25, 0.3) is 5.91 Å². The highest BCUT2D eigenvalue weighted by atomic mass is 32.2. The lowest BCUT2D eigenvalue weighted by atomic mass is 10.4. The van der Waals surface area contributed by atoms with E-state index in [0.717, 1.165) is 11.5 Å². The van der Waals surface area contributed by atoms with Crippen molar-refractivity contribution in [3.05, 3.63) is 18.7 Å². The van der Waals surface area contributed by atoms with Gasteiger partial charge in [-0.05, 0) is 0 Å². The largest absolute Gasteiger partial charge is 0.365 e. The summed E-state index contributed by atoms with van der Waals surface area (Å²) in [6.07, 6.45) is 4.24. The molecule has 5 nitrogen and oxygen atoms in total. The van der Waals surface area contributed by atoms with Crippen LogP contribution in [0.5, 0.6) is 0 Å². The first-order valence-electron chi connectivity index (χ1n) is 4.73. The van der Waals surface area contributed by atoms with Gasteiger partial charge in [0.1, 0.15) is 6.20 Å². The number of aromatic nitrogens is 2. The molecule has 1 saturated heterocycles. The summed E-state index contributed by atoms with van der Waals surface area (Å²) in [5, 5.41) is 9.74. The van der Waals surface area contributed by atoms with Crippen LogP contribution in [-0.4, -0.2) is 50.1 Å². The van der Waals surface area contributed by atoms with Gasteiger partial charge < -0.3 is 14.6 Å². The van der Waals surface area contributed by atoms with Crippen molar-refractivity contribution in [2.24, 2.45) is 0 Å². The molecule has 0 bridgehead atoms. The van der Waals surface area contributed by atoms with E-state index in [1.54, 1.807) is 4.90 Å². The second kappa shape index (κ2) is 4.67. The number of thioether (sulfide) groups is 1. The van der Waals surface area contributed by atoms with Gasteiger partial charge in [0.05, 0.1) is 6.33 Å². The summed E-state index contributed by atoms with van der Waals surface area (Å²) in [4.78, 5) is 17.2. The van der Waals surface area contributed by atoms with Crippen LogP contribution in [0.3, 0.4) is 0 Å². The van der Waals surface area contributed by atoms with Crippen LogP contribution >= 0.6 is 11.8 Å². The molecule has 1 aliphatic heterocycles. The lowest BCUT2D eigenvalue weighted by Crippen LogP contribution is -2.42. The minimum Gasteiger partial charge on any atom is -0.365 e. The highest BCUT2D eigenvalue weighted by molar-refractivity contribution is 7.99. The molecule has 0 aromatic carbocycles. The van der Waals surface area contributed by atoms with Crippen molar-refractivity contribution in [2.45, 2.75) is 6.23 Å². The van der Waals surface area contributed by atoms with Gasteiger partial charge in [-0.15, -0.1) is 0 Å². The molecule has 1 radical (unpaired) electrons. The van der Waals surface area contributed by atoms with Crippen LogP contribution < -0.4 is 0 Å². The van der Waals surface area contributed by atoms with E-state index in [4.69, 9.17) is 0 Å². The predicted molar refractivity (Wildman–Crippen MR) is 56.2 cm³/mol. The first-order chi connectivity index (χ1) is 7.29. The molecule has 6 heteroatoms. The molecule has 1 aromatic heterocycles. The van der Waals surface area contributed by atoms with Gasteiger partial charge in [0, 0.05) is 30.8 Å². The monoisotopic (exact) mass is 226 g/mol. The Morgan fingerprint density at radius 1 is 1.53 bits per heavy atom. The Morgan fingerprint density at radius 2 is 2.27 bits per heavy atom. The Balaban J connectivity index is 2.00. The normalized spacial score (nSPS) is 18.9. The minimum atomic E-state index is -1.16. The van der Waals surface area contributed by atoms with Crippen LogP contribution in [-0.2, 0) is 4.79 Å². The van der Waals surface area contributed by atoms with Crippen LogP contribution in [0.4, 0.5) is 0 Å². The Kier molecular flexibility index (Phi) is 3.27. The minimum absolute atomic E-state index is 0.262. The Labute approximate surface area is 92.1 Å². The summed E-state index contributed by atoms with van der Waals surface area (Å²) < 4.78 is 1.35. The van der Waals surface area contributed by atoms with E-state index >= 15 is 0 Å². The predicted octanol–water partition coefficient (Wildman–Crippen LogP) is -0.250. The van der Waals surface area contributed by atoms with Crippen molar-refractivity contribution < 1.29 is 9.90 Å². The summed E-state index contributed by atoms with van der Waals surface area (Å²) in [6.45, 7) is 1.41. The molecular weight excluding hydrogens is 214 g/mol. The maximum Gasteiger partial charge on any atom is 0.273 e. The molecule has 81 valence electrons. The van der Waals surface area contributed by atoms with E-state index in [2.05, 4.69) is 11.2 Å². The molecule has 1 unspecified atom stereocenters. The molecule has 1 atom stereocenters. The third-order valence-electron chi connectivity index (χ3n) is 2.30. The molecule has 0 spiro atoms. The fraction of sp³-hybridized carbons (Fsp3) is 0.556. The number of imidazole rings is 1. The zero-order chi connectivity index (χ0) is 10.7. The summed E-state index contributed by atoms with van der Waals surface area (Å²) in [5.41, 5.74) is 0. The number of rotatable bonds is 2. The first kappa shape index (κ1) is 10.5. The summed E-state index contributed by atoms with van der Waals surface area (Å²) in [5.74, 6) is 1.62. The molecule has 2 heterocycles. The molecule has 1 N–H and O–H groups in total. The molecule has 2 rings (SSSR count). The molecular formula is C9H12N3O2S. The number of amides is 1. The average molecular weight is 226 g/mol. The highest BCUT2D eigenvalue weighted by Crippen LogP contribution is 2.13. The van der Waals surface area contributed by atoms with E-state index in [9.17, 15) is 9.90 Å². The standard InChI is InChI=1S/C9H12N3O2S/c13-8(11-3-5-15-6-4-11)9(14)12-2-1-10-7-12/h2,7,9,14H,3-6H2. The smallest absolute Gasteiger partial charge is 0.273 e. The van der Waals surface area contributed by atoms with E-state index in [-0.39, 0.29) is 5.91 Å². The molecule has 0 aliphatic carbocycles.